The summed E-state index contributed by atoms with van der Waals surface area (Å²) in [7, 11) is 4.18. The number of hydrogen-bond donors (Lipinski definition) is 2. The zero-order valence-electron chi connectivity index (χ0n) is 14.9. The average Bonchev–Trinajstić information content (AvgIpc) is 2.65. The second kappa shape index (κ2) is 8.17. The minimum absolute atomic E-state index is 0.0351. The molecule has 2 aromatic rings. The molecule has 0 heterocycles. The Hall–Kier alpha value is -2.94. The number of halogens is 3. The smallest absolute Gasteiger partial charge is 0.416 e. The molecule has 0 saturated carbocycles. The van der Waals surface area contributed by atoms with E-state index in [9.17, 15) is 18.0 Å². The third kappa shape index (κ3) is 4.62. The third-order valence-corrected chi connectivity index (χ3v) is 3.76. The summed E-state index contributed by atoms with van der Waals surface area (Å²) in [5, 5.41) is 2.44. The van der Waals surface area contributed by atoms with Gasteiger partial charge in [-0.2, -0.15) is 13.2 Å². The summed E-state index contributed by atoms with van der Waals surface area (Å²) in [6.45, 7) is -0.105. The van der Waals surface area contributed by atoms with Gasteiger partial charge in [-0.05, 0) is 23.8 Å². The van der Waals surface area contributed by atoms with Crippen LogP contribution in [-0.2, 0) is 12.7 Å². The van der Waals surface area contributed by atoms with Gasteiger partial charge in [-0.1, -0.05) is 0 Å². The Bertz CT molecular complexity index is 838. The van der Waals surface area contributed by atoms with Crippen LogP contribution in [0.25, 0.3) is 0 Å². The van der Waals surface area contributed by atoms with Gasteiger partial charge in [0.05, 0.1) is 32.5 Å². The van der Waals surface area contributed by atoms with E-state index in [2.05, 4.69) is 5.32 Å². The second-order valence-electron chi connectivity index (χ2n) is 5.48. The number of benzene rings is 2. The van der Waals surface area contributed by atoms with Crippen LogP contribution in [0.4, 0.5) is 18.9 Å². The van der Waals surface area contributed by atoms with E-state index in [1.165, 1.54) is 39.5 Å². The number of methoxy groups -OCH3 is 3. The van der Waals surface area contributed by atoms with Gasteiger partial charge in [0.2, 0.25) is 0 Å². The quantitative estimate of drug-likeness (QED) is 0.797. The number of carbonyl (C=O) groups excluding carboxylic acids is 1. The van der Waals surface area contributed by atoms with Gasteiger partial charge in [-0.3, -0.25) is 4.79 Å². The molecule has 0 atom stereocenters. The molecule has 0 aliphatic heterocycles. The molecule has 2 rings (SSSR count). The maximum absolute atomic E-state index is 13.0. The molecule has 0 aromatic heterocycles. The van der Waals surface area contributed by atoms with E-state index < -0.39 is 17.6 Å². The van der Waals surface area contributed by atoms with Crippen molar-refractivity contribution >= 4 is 11.6 Å². The molecule has 0 aliphatic carbocycles. The zero-order valence-corrected chi connectivity index (χ0v) is 14.9. The SMILES string of the molecule is COc1cc(OC)c(C(=O)Nc2cc(CN)cc(C(F)(F)F)c2)cc1OC. The van der Waals surface area contributed by atoms with Crippen molar-refractivity contribution in [2.24, 2.45) is 5.73 Å². The maximum atomic E-state index is 13.0. The summed E-state index contributed by atoms with van der Waals surface area (Å²) in [6, 6.07) is 5.98. The van der Waals surface area contributed by atoms with Crippen LogP contribution in [0.1, 0.15) is 21.5 Å². The van der Waals surface area contributed by atoms with E-state index in [4.69, 9.17) is 19.9 Å². The van der Waals surface area contributed by atoms with Crippen LogP contribution >= 0.6 is 0 Å². The molecule has 1 amide bonds. The Kier molecular flexibility index (Phi) is 6.17. The van der Waals surface area contributed by atoms with E-state index in [-0.39, 0.29) is 34.9 Å². The van der Waals surface area contributed by atoms with Crippen LogP contribution in [-0.4, -0.2) is 27.2 Å². The van der Waals surface area contributed by atoms with Crippen molar-refractivity contribution in [1.29, 1.82) is 0 Å². The summed E-state index contributed by atoms with van der Waals surface area (Å²) in [6.07, 6.45) is -4.56. The van der Waals surface area contributed by atoms with Gasteiger partial charge in [0.15, 0.2) is 11.5 Å². The highest BCUT2D eigenvalue weighted by Gasteiger charge is 2.31. The molecule has 146 valence electrons. The Morgan fingerprint density at radius 1 is 0.963 bits per heavy atom. The molecule has 27 heavy (non-hydrogen) atoms. The van der Waals surface area contributed by atoms with Gasteiger partial charge in [-0.15, -0.1) is 0 Å². The van der Waals surface area contributed by atoms with Crippen molar-refractivity contribution in [2.75, 3.05) is 26.6 Å². The maximum Gasteiger partial charge on any atom is 0.416 e. The lowest BCUT2D eigenvalue weighted by atomic mass is 10.1. The number of alkyl halides is 3. The number of rotatable bonds is 6. The number of anilines is 1. The number of nitrogens with one attached hydrogen (secondary N) is 1. The van der Waals surface area contributed by atoms with E-state index in [0.29, 0.717) is 5.75 Å². The van der Waals surface area contributed by atoms with Crippen molar-refractivity contribution < 1.29 is 32.2 Å². The minimum atomic E-state index is -4.56. The van der Waals surface area contributed by atoms with E-state index in [1.54, 1.807) is 0 Å². The first-order chi connectivity index (χ1) is 12.7. The molecule has 0 aliphatic rings. The summed E-state index contributed by atoms with van der Waals surface area (Å²) in [4.78, 5) is 12.6. The van der Waals surface area contributed by atoms with Crippen LogP contribution in [0.3, 0.4) is 0 Å². The summed E-state index contributed by atoms with van der Waals surface area (Å²) in [5.74, 6) is 0.122. The highest BCUT2D eigenvalue weighted by atomic mass is 19.4. The Labute approximate surface area is 154 Å². The predicted molar refractivity (Wildman–Crippen MR) is 93.4 cm³/mol. The minimum Gasteiger partial charge on any atom is -0.496 e. The topological polar surface area (TPSA) is 82.8 Å². The largest absolute Gasteiger partial charge is 0.496 e. The van der Waals surface area contributed by atoms with Crippen molar-refractivity contribution in [3.05, 3.63) is 47.0 Å². The molecule has 9 heteroatoms. The van der Waals surface area contributed by atoms with E-state index in [0.717, 1.165) is 12.1 Å². The average molecular weight is 384 g/mol. The van der Waals surface area contributed by atoms with Gasteiger partial charge in [0.25, 0.3) is 5.91 Å². The van der Waals surface area contributed by atoms with E-state index in [1.807, 2.05) is 0 Å². The molecule has 0 spiro atoms. The molecule has 0 unspecified atom stereocenters. The van der Waals surface area contributed by atoms with Crippen LogP contribution in [0, 0.1) is 0 Å². The highest BCUT2D eigenvalue weighted by molar-refractivity contribution is 6.06. The van der Waals surface area contributed by atoms with Crippen molar-refractivity contribution in [3.8, 4) is 17.2 Å². The van der Waals surface area contributed by atoms with Crippen LogP contribution in [0.15, 0.2) is 30.3 Å². The fraction of sp³-hybridized carbons (Fsp3) is 0.278. The number of ether oxygens (including phenoxy) is 3. The molecule has 2 aromatic carbocycles. The summed E-state index contributed by atoms with van der Waals surface area (Å²) in [5.41, 5.74) is 4.83. The highest BCUT2D eigenvalue weighted by Crippen LogP contribution is 2.36. The molecule has 0 radical (unpaired) electrons. The van der Waals surface area contributed by atoms with Crippen LogP contribution < -0.4 is 25.3 Å². The normalized spacial score (nSPS) is 11.1. The number of carbonyl (C=O) groups is 1. The zero-order chi connectivity index (χ0) is 20.2. The first-order valence-electron chi connectivity index (χ1n) is 7.76. The number of nitrogens with two attached hydrogens (primary N) is 1. The van der Waals surface area contributed by atoms with Crippen molar-refractivity contribution in [2.45, 2.75) is 12.7 Å². The van der Waals surface area contributed by atoms with Gasteiger partial charge in [0, 0.05) is 24.4 Å². The Balaban J connectivity index is 2.43. The van der Waals surface area contributed by atoms with Gasteiger partial charge >= 0.3 is 6.18 Å². The fourth-order valence-corrected chi connectivity index (χ4v) is 2.45. The lowest BCUT2D eigenvalue weighted by Gasteiger charge is -2.15. The van der Waals surface area contributed by atoms with E-state index >= 15 is 0 Å². The number of amides is 1. The Morgan fingerprint density at radius 3 is 2.07 bits per heavy atom. The molecule has 0 saturated heterocycles. The third-order valence-electron chi connectivity index (χ3n) is 3.76. The predicted octanol–water partition coefficient (Wildman–Crippen LogP) is 3.44. The molecule has 3 N–H and O–H groups in total. The Morgan fingerprint density at radius 2 is 1.56 bits per heavy atom. The standard InChI is InChI=1S/C18H19F3N2O4/c1-25-14-8-16(27-3)15(26-2)7-13(14)17(24)23-12-5-10(9-22)4-11(6-12)18(19,20)21/h4-8H,9,22H2,1-3H3,(H,23,24). The fourth-order valence-electron chi connectivity index (χ4n) is 2.45. The van der Waals surface area contributed by atoms with Crippen LogP contribution in [0.2, 0.25) is 0 Å². The lowest BCUT2D eigenvalue weighted by Crippen LogP contribution is -2.15. The first kappa shape index (κ1) is 20.4. The van der Waals surface area contributed by atoms with Gasteiger partial charge in [-0.25, -0.2) is 0 Å². The summed E-state index contributed by atoms with van der Waals surface area (Å²) < 4.78 is 54.6. The van der Waals surface area contributed by atoms with Crippen molar-refractivity contribution in [1.82, 2.24) is 0 Å². The molecular weight excluding hydrogens is 365 g/mol. The number of hydrogen-bond acceptors (Lipinski definition) is 5. The summed E-state index contributed by atoms with van der Waals surface area (Å²) >= 11 is 0. The second-order valence-corrected chi connectivity index (χ2v) is 5.48. The monoisotopic (exact) mass is 384 g/mol. The van der Waals surface area contributed by atoms with Crippen molar-refractivity contribution in [3.63, 3.8) is 0 Å². The van der Waals surface area contributed by atoms with Gasteiger partial charge < -0.3 is 25.3 Å². The van der Waals surface area contributed by atoms with Gasteiger partial charge in [0.1, 0.15) is 5.75 Å². The molecular formula is C18H19F3N2O4. The molecule has 6 nitrogen and oxygen atoms in total. The lowest BCUT2D eigenvalue weighted by molar-refractivity contribution is -0.137. The molecule has 0 bridgehead atoms. The van der Waals surface area contributed by atoms with Crippen LogP contribution in [0.5, 0.6) is 17.2 Å². The first-order valence-corrected chi connectivity index (χ1v) is 7.76. The molecule has 0 fully saturated rings.